The van der Waals surface area contributed by atoms with E-state index in [1.54, 1.807) is 4.90 Å². The van der Waals surface area contributed by atoms with Crippen LogP contribution in [0.2, 0.25) is 0 Å². The van der Waals surface area contributed by atoms with Crippen LogP contribution in [0.15, 0.2) is 42.1 Å². The third kappa shape index (κ3) is 6.60. The highest BCUT2D eigenvalue weighted by atomic mass is 16.5. The van der Waals surface area contributed by atoms with Gasteiger partial charge in [-0.25, -0.2) is 4.79 Å². The number of primary amides is 1. The second-order valence-corrected chi connectivity index (χ2v) is 6.88. The molecular weight excluding hydrogens is 372 g/mol. The van der Waals surface area contributed by atoms with Crippen LogP contribution in [-0.2, 0) is 14.3 Å². The predicted octanol–water partition coefficient (Wildman–Crippen LogP) is 2.20. The third-order valence-electron chi connectivity index (χ3n) is 5.07. The maximum absolute atomic E-state index is 12.0. The summed E-state index contributed by atoms with van der Waals surface area (Å²) in [5, 5.41) is 8.63. The summed E-state index contributed by atoms with van der Waals surface area (Å²) in [5.74, 6) is 1.09. The second-order valence-electron chi connectivity index (χ2n) is 6.88. The van der Waals surface area contributed by atoms with Gasteiger partial charge in [0.05, 0.1) is 13.7 Å². The topological polar surface area (TPSA) is 109 Å². The van der Waals surface area contributed by atoms with Gasteiger partial charge in [0.2, 0.25) is 6.41 Å². The van der Waals surface area contributed by atoms with Crippen molar-refractivity contribution in [1.82, 2.24) is 9.80 Å². The number of benzene rings is 1. The Bertz CT molecular complexity index is 702. The number of carbonyl (C=O) groups excluding carboxylic acids is 2. The zero-order valence-corrected chi connectivity index (χ0v) is 16.9. The molecule has 29 heavy (non-hydrogen) atoms. The fraction of sp³-hybridized carbons (Fsp3) is 0.476. The molecule has 8 nitrogen and oxygen atoms in total. The fourth-order valence-electron chi connectivity index (χ4n) is 3.48. The number of hydrogen-bond donors (Lipinski definition) is 2. The number of allylic oxidation sites excluding steroid dienone is 1. The van der Waals surface area contributed by atoms with E-state index in [2.05, 4.69) is 11.8 Å². The lowest BCUT2D eigenvalue weighted by atomic mass is 9.95. The lowest BCUT2D eigenvalue weighted by Crippen LogP contribution is -2.49. The van der Waals surface area contributed by atoms with Gasteiger partial charge in [0.1, 0.15) is 5.84 Å². The van der Waals surface area contributed by atoms with Crippen molar-refractivity contribution in [2.24, 2.45) is 11.7 Å². The number of carbonyl (C=O) groups is 2. The third-order valence-corrected chi connectivity index (χ3v) is 5.07. The molecule has 0 unspecified atom stereocenters. The minimum Gasteiger partial charge on any atom is -0.453 e. The molecule has 2 saturated heterocycles. The molecule has 0 aromatic heterocycles. The summed E-state index contributed by atoms with van der Waals surface area (Å²) < 4.78 is 10.3. The zero-order valence-electron chi connectivity index (χ0n) is 16.9. The van der Waals surface area contributed by atoms with Gasteiger partial charge in [-0.1, -0.05) is 36.4 Å². The Morgan fingerprint density at radius 2 is 1.93 bits per heavy atom. The Labute approximate surface area is 171 Å². The number of amidine groups is 1. The molecule has 0 bridgehead atoms. The molecule has 1 aromatic rings. The molecule has 2 fully saturated rings. The van der Waals surface area contributed by atoms with E-state index in [4.69, 9.17) is 19.7 Å². The van der Waals surface area contributed by atoms with Gasteiger partial charge in [0, 0.05) is 37.6 Å². The van der Waals surface area contributed by atoms with E-state index in [0.717, 1.165) is 43.7 Å². The predicted molar refractivity (Wildman–Crippen MR) is 110 cm³/mol. The molecule has 2 amide bonds. The van der Waals surface area contributed by atoms with Crippen LogP contribution in [0.4, 0.5) is 4.79 Å². The van der Waals surface area contributed by atoms with E-state index in [0.29, 0.717) is 31.4 Å². The first-order chi connectivity index (χ1) is 14.1. The van der Waals surface area contributed by atoms with E-state index in [9.17, 15) is 4.79 Å². The van der Waals surface area contributed by atoms with Gasteiger partial charge in [0.15, 0.2) is 0 Å². The van der Waals surface area contributed by atoms with Gasteiger partial charge in [0.25, 0.3) is 0 Å². The number of amides is 2. The van der Waals surface area contributed by atoms with Crippen molar-refractivity contribution in [3.05, 3.63) is 47.7 Å². The molecule has 2 aliphatic heterocycles. The number of hydrogen-bond acceptors (Lipinski definition) is 5. The monoisotopic (exact) mass is 402 g/mol. The number of nitrogens with zero attached hydrogens (tertiary/aromatic N) is 2. The molecule has 3 N–H and O–H groups in total. The molecule has 3 rings (SSSR count). The first-order valence-corrected chi connectivity index (χ1v) is 9.77. The summed E-state index contributed by atoms with van der Waals surface area (Å²) in [4.78, 5) is 24.3. The van der Waals surface area contributed by atoms with E-state index < -0.39 is 0 Å². The molecule has 0 radical (unpaired) electrons. The normalized spacial score (nSPS) is 18.6. The second kappa shape index (κ2) is 11.9. The number of rotatable bonds is 3. The highest BCUT2D eigenvalue weighted by Gasteiger charge is 2.28. The van der Waals surface area contributed by atoms with Crippen molar-refractivity contribution in [3.63, 3.8) is 0 Å². The Kier molecular flexibility index (Phi) is 9.17. The van der Waals surface area contributed by atoms with Gasteiger partial charge in [-0.05, 0) is 25.2 Å². The van der Waals surface area contributed by atoms with Crippen LogP contribution in [-0.4, -0.2) is 68.1 Å². The maximum Gasteiger partial charge on any atom is 0.409 e. The Morgan fingerprint density at radius 1 is 1.28 bits per heavy atom. The molecule has 158 valence electrons. The van der Waals surface area contributed by atoms with Crippen molar-refractivity contribution in [3.8, 4) is 0 Å². The minimum atomic E-state index is -0.312. The smallest absolute Gasteiger partial charge is 0.409 e. The van der Waals surface area contributed by atoms with Crippen LogP contribution >= 0.6 is 0 Å². The highest BCUT2D eigenvalue weighted by Crippen LogP contribution is 2.23. The average Bonchev–Trinajstić information content (AvgIpc) is 2.78. The number of nitrogens with one attached hydrogen (secondary N) is 1. The Balaban J connectivity index is 0.000000941. The van der Waals surface area contributed by atoms with Gasteiger partial charge in [-0.3, -0.25) is 10.2 Å². The summed E-state index contributed by atoms with van der Waals surface area (Å²) >= 11 is 0. The number of ether oxygens (including phenoxy) is 2. The first-order valence-electron chi connectivity index (χ1n) is 9.77. The summed E-state index contributed by atoms with van der Waals surface area (Å²) in [6.07, 6.45) is 5.23. The molecule has 0 aliphatic carbocycles. The van der Waals surface area contributed by atoms with Crippen LogP contribution in [0, 0.1) is 11.3 Å². The van der Waals surface area contributed by atoms with Crippen LogP contribution in [0.5, 0.6) is 0 Å². The Morgan fingerprint density at radius 3 is 2.55 bits per heavy atom. The van der Waals surface area contributed by atoms with Crippen LogP contribution in [0.1, 0.15) is 24.8 Å². The zero-order chi connectivity index (χ0) is 21.1. The number of nitrogens with two attached hydrogens (primary N) is 1. The molecule has 8 heteroatoms. The van der Waals surface area contributed by atoms with E-state index in [1.165, 1.54) is 7.11 Å². The quantitative estimate of drug-likeness (QED) is 0.458. The van der Waals surface area contributed by atoms with Gasteiger partial charge >= 0.3 is 6.09 Å². The summed E-state index contributed by atoms with van der Waals surface area (Å²) in [6, 6.07) is 9.74. The maximum atomic E-state index is 12.0. The number of methoxy groups -OCH3 is 1. The standard InChI is InChI=1S/C20H27N3O3.CH3NO/c1-25-20(24)22-11-12-23(19(21)17-5-3-2-4-6-17)18(15-22)8-7-16-9-13-26-14-10-16;2-1-3/h2-6,8,16,21H,7,9-15H2,1H3;1H,(H2,2,3)/b18-8+,21-19?;. The molecule has 0 atom stereocenters. The molecular formula is C21H30N4O4. The van der Waals surface area contributed by atoms with Gasteiger partial charge in [-0.15, -0.1) is 0 Å². The fourth-order valence-corrected chi connectivity index (χ4v) is 3.48. The summed E-state index contributed by atoms with van der Waals surface area (Å²) in [5.41, 5.74) is 6.05. The van der Waals surface area contributed by atoms with Crippen molar-refractivity contribution < 1.29 is 19.1 Å². The first kappa shape index (κ1) is 22.4. The molecule has 0 spiro atoms. The van der Waals surface area contributed by atoms with Gasteiger partial charge < -0.3 is 25.0 Å². The van der Waals surface area contributed by atoms with Crippen molar-refractivity contribution >= 4 is 18.3 Å². The van der Waals surface area contributed by atoms with E-state index >= 15 is 0 Å². The molecule has 2 aliphatic rings. The van der Waals surface area contributed by atoms with Crippen LogP contribution in [0.3, 0.4) is 0 Å². The highest BCUT2D eigenvalue weighted by molar-refractivity contribution is 5.97. The van der Waals surface area contributed by atoms with Crippen LogP contribution < -0.4 is 5.73 Å². The van der Waals surface area contributed by atoms with Crippen molar-refractivity contribution in [2.45, 2.75) is 19.3 Å². The van der Waals surface area contributed by atoms with Crippen LogP contribution in [0.25, 0.3) is 0 Å². The molecule has 1 aromatic carbocycles. The Hall–Kier alpha value is -2.87. The average molecular weight is 402 g/mol. The van der Waals surface area contributed by atoms with Gasteiger partial charge in [-0.2, -0.15) is 0 Å². The summed E-state index contributed by atoms with van der Waals surface area (Å²) in [7, 11) is 1.41. The molecule has 0 saturated carbocycles. The summed E-state index contributed by atoms with van der Waals surface area (Å²) in [6.45, 7) is 3.28. The van der Waals surface area contributed by atoms with E-state index in [-0.39, 0.29) is 12.5 Å². The lowest BCUT2D eigenvalue weighted by Gasteiger charge is -2.38. The molecule has 2 heterocycles. The number of piperazine rings is 1. The lowest BCUT2D eigenvalue weighted by molar-refractivity contribution is -0.106. The largest absolute Gasteiger partial charge is 0.453 e. The SMILES string of the molecule is COC(=O)N1CCN(C(=N)c2ccccc2)/C(=C/CC2CCOCC2)C1.NC=O. The van der Waals surface area contributed by atoms with Crippen molar-refractivity contribution in [1.29, 1.82) is 5.41 Å². The van der Waals surface area contributed by atoms with Crippen molar-refractivity contribution in [2.75, 3.05) is 40.0 Å². The minimum absolute atomic E-state index is 0.250. The van der Waals surface area contributed by atoms with E-state index in [1.807, 2.05) is 35.2 Å².